The highest BCUT2D eigenvalue weighted by atomic mass is 16.5. The molecule has 0 saturated heterocycles. The summed E-state index contributed by atoms with van der Waals surface area (Å²) < 4.78 is 6.03. The van der Waals surface area contributed by atoms with Gasteiger partial charge in [0.15, 0.2) is 0 Å². The van der Waals surface area contributed by atoms with Gasteiger partial charge in [0.2, 0.25) is 0 Å². The van der Waals surface area contributed by atoms with E-state index in [4.69, 9.17) is 4.74 Å². The maximum absolute atomic E-state index is 6.03. The molecule has 2 heteroatoms. The van der Waals surface area contributed by atoms with Crippen LogP contribution in [0.25, 0.3) is 0 Å². The lowest BCUT2D eigenvalue weighted by Crippen LogP contribution is -2.23. The third-order valence-corrected chi connectivity index (χ3v) is 3.45. The monoisotopic (exact) mass is 271 g/mol. The quantitative estimate of drug-likeness (QED) is 0.487. The van der Waals surface area contributed by atoms with Crippen LogP contribution in [0.1, 0.15) is 79.6 Å². The molecule has 116 valence electrons. The predicted octanol–water partition coefficient (Wildman–Crippen LogP) is 4.78. The van der Waals surface area contributed by atoms with Crippen molar-refractivity contribution in [2.75, 3.05) is 13.1 Å². The Labute approximate surface area is 121 Å². The zero-order chi connectivity index (χ0) is 14.5. The number of hydrogen-bond donors (Lipinski definition) is 1. The second-order valence-corrected chi connectivity index (χ2v) is 6.35. The van der Waals surface area contributed by atoms with Gasteiger partial charge in [0.1, 0.15) is 0 Å². The van der Waals surface area contributed by atoms with E-state index in [1.807, 2.05) is 0 Å². The van der Waals surface area contributed by atoms with Gasteiger partial charge in [0, 0.05) is 0 Å². The molecular weight excluding hydrogens is 234 g/mol. The van der Waals surface area contributed by atoms with E-state index < -0.39 is 0 Å². The second kappa shape index (κ2) is 12.9. The predicted molar refractivity (Wildman–Crippen MR) is 85.7 cm³/mol. The van der Waals surface area contributed by atoms with Gasteiger partial charge in [-0.25, -0.2) is 0 Å². The average Bonchev–Trinajstić information content (AvgIpc) is 2.34. The molecule has 2 unspecified atom stereocenters. The molecule has 1 N–H and O–H groups in total. The van der Waals surface area contributed by atoms with Gasteiger partial charge in [-0.15, -0.1) is 0 Å². The van der Waals surface area contributed by atoms with Crippen molar-refractivity contribution >= 4 is 0 Å². The highest BCUT2D eigenvalue weighted by Crippen LogP contribution is 2.11. The summed E-state index contributed by atoms with van der Waals surface area (Å²) in [5.41, 5.74) is 0. The van der Waals surface area contributed by atoms with Gasteiger partial charge in [0.25, 0.3) is 0 Å². The van der Waals surface area contributed by atoms with Crippen LogP contribution in [0.3, 0.4) is 0 Å². The Hall–Kier alpha value is -0.0800. The molecule has 0 aromatic carbocycles. The third-order valence-electron chi connectivity index (χ3n) is 3.45. The molecule has 0 heterocycles. The number of ether oxygens (including phenoxy) is 1. The molecule has 0 fully saturated rings. The fourth-order valence-corrected chi connectivity index (χ4v) is 2.30. The third kappa shape index (κ3) is 14.1. The molecule has 0 saturated carbocycles. The lowest BCUT2D eigenvalue weighted by atomic mass is 10.1. The minimum Gasteiger partial charge on any atom is -0.376 e. The van der Waals surface area contributed by atoms with E-state index in [0.29, 0.717) is 12.2 Å². The van der Waals surface area contributed by atoms with Gasteiger partial charge in [0.05, 0.1) is 12.2 Å². The topological polar surface area (TPSA) is 21.3 Å². The van der Waals surface area contributed by atoms with E-state index in [2.05, 4.69) is 39.9 Å². The Morgan fingerprint density at radius 2 is 1.47 bits per heavy atom. The van der Waals surface area contributed by atoms with Crippen molar-refractivity contribution in [1.29, 1.82) is 0 Å². The van der Waals surface area contributed by atoms with Crippen LogP contribution < -0.4 is 5.32 Å². The van der Waals surface area contributed by atoms with Crippen LogP contribution >= 0.6 is 0 Å². The zero-order valence-corrected chi connectivity index (χ0v) is 14.0. The van der Waals surface area contributed by atoms with Crippen molar-refractivity contribution in [3.63, 3.8) is 0 Å². The molecule has 0 aliphatic heterocycles. The number of unbranched alkanes of at least 4 members (excludes halogenated alkanes) is 3. The van der Waals surface area contributed by atoms with Gasteiger partial charge in [-0.05, 0) is 52.1 Å². The van der Waals surface area contributed by atoms with Crippen molar-refractivity contribution in [2.24, 2.45) is 5.92 Å². The molecule has 0 aliphatic carbocycles. The van der Waals surface area contributed by atoms with E-state index in [1.165, 1.54) is 44.9 Å². The summed E-state index contributed by atoms with van der Waals surface area (Å²) in [6.45, 7) is 13.4. The summed E-state index contributed by atoms with van der Waals surface area (Å²) in [7, 11) is 0. The Morgan fingerprint density at radius 3 is 2.05 bits per heavy atom. The largest absolute Gasteiger partial charge is 0.376 e. The molecule has 19 heavy (non-hydrogen) atoms. The summed E-state index contributed by atoms with van der Waals surface area (Å²) in [5.74, 6) is 0.747. The highest BCUT2D eigenvalue weighted by Gasteiger charge is 2.08. The van der Waals surface area contributed by atoms with E-state index in [-0.39, 0.29) is 0 Å². The molecule has 0 bridgehead atoms. The van der Waals surface area contributed by atoms with E-state index >= 15 is 0 Å². The standard InChI is InChI=1S/C17H37NO/c1-6-7-8-9-11-16(4)19-17(5)12-10-13-18-14-15(2)3/h15-18H,6-14H2,1-5H3. The van der Waals surface area contributed by atoms with Gasteiger partial charge in [-0.3, -0.25) is 0 Å². The van der Waals surface area contributed by atoms with Gasteiger partial charge >= 0.3 is 0 Å². The van der Waals surface area contributed by atoms with Crippen LogP contribution in [0, 0.1) is 5.92 Å². The molecule has 2 nitrogen and oxygen atoms in total. The molecule has 2 atom stereocenters. The Balaban J connectivity index is 3.38. The first-order chi connectivity index (χ1) is 9.06. The lowest BCUT2D eigenvalue weighted by Gasteiger charge is -2.19. The first kappa shape index (κ1) is 18.9. The molecule has 0 spiro atoms. The Kier molecular flexibility index (Phi) is 12.9. The van der Waals surface area contributed by atoms with Crippen molar-refractivity contribution in [3.05, 3.63) is 0 Å². The molecule has 0 aromatic heterocycles. The first-order valence-electron chi connectivity index (χ1n) is 8.42. The van der Waals surface area contributed by atoms with E-state index in [0.717, 1.165) is 19.0 Å². The number of nitrogens with one attached hydrogen (secondary N) is 1. The molecule has 0 aromatic rings. The number of rotatable bonds is 13. The Bertz CT molecular complexity index is 182. The zero-order valence-electron chi connectivity index (χ0n) is 14.0. The van der Waals surface area contributed by atoms with Crippen LogP contribution in [0.2, 0.25) is 0 Å². The lowest BCUT2D eigenvalue weighted by molar-refractivity contribution is -0.00195. The summed E-state index contributed by atoms with van der Waals surface area (Å²) in [6.07, 6.45) is 9.79. The van der Waals surface area contributed by atoms with Crippen molar-refractivity contribution in [1.82, 2.24) is 5.32 Å². The van der Waals surface area contributed by atoms with Crippen LogP contribution in [0.4, 0.5) is 0 Å². The van der Waals surface area contributed by atoms with E-state index in [9.17, 15) is 0 Å². The maximum Gasteiger partial charge on any atom is 0.0551 e. The smallest absolute Gasteiger partial charge is 0.0551 e. The van der Waals surface area contributed by atoms with Crippen molar-refractivity contribution in [2.45, 2.75) is 91.8 Å². The second-order valence-electron chi connectivity index (χ2n) is 6.35. The normalized spacial score (nSPS) is 14.8. The molecule has 0 rings (SSSR count). The maximum atomic E-state index is 6.03. The fraction of sp³-hybridized carbons (Fsp3) is 1.00. The minimum atomic E-state index is 0.405. The van der Waals surface area contributed by atoms with Crippen molar-refractivity contribution in [3.8, 4) is 0 Å². The van der Waals surface area contributed by atoms with Crippen LogP contribution in [0.15, 0.2) is 0 Å². The molecule has 0 aliphatic rings. The SMILES string of the molecule is CCCCCCC(C)OC(C)CCCNCC(C)C. The summed E-state index contributed by atoms with van der Waals surface area (Å²) in [5, 5.41) is 3.49. The van der Waals surface area contributed by atoms with Gasteiger partial charge < -0.3 is 10.1 Å². The van der Waals surface area contributed by atoms with Crippen LogP contribution in [0.5, 0.6) is 0 Å². The molecular formula is C17H37NO. The molecule has 0 amide bonds. The van der Waals surface area contributed by atoms with Crippen molar-refractivity contribution < 1.29 is 4.74 Å². The minimum absolute atomic E-state index is 0.405. The average molecular weight is 271 g/mol. The summed E-state index contributed by atoms with van der Waals surface area (Å²) >= 11 is 0. The number of hydrogen-bond acceptors (Lipinski definition) is 2. The van der Waals surface area contributed by atoms with Crippen LogP contribution in [-0.4, -0.2) is 25.3 Å². The van der Waals surface area contributed by atoms with Gasteiger partial charge in [-0.1, -0.05) is 46.5 Å². The fourth-order valence-electron chi connectivity index (χ4n) is 2.30. The van der Waals surface area contributed by atoms with E-state index in [1.54, 1.807) is 0 Å². The first-order valence-corrected chi connectivity index (χ1v) is 8.42. The summed E-state index contributed by atoms with van der Waals surface area (Å²) in [4.78, 5) is 0. The Morgan fingerprint density at radius 1 is 0.842 bits per heavy atom. The van der Waals surface area contributed by atoms with Gasteiger partial charge in [-0.2, -0.15) is 0 Å². The van der Waals surface area contributed by atoms with Crippen LogP contribution in [-0.2, 0) is 4.74 Å². The summed E-state index contributed by atoms with van der Waals surface area (Å²) in [6, 6.07) is 0. The molecule has 0 radical (unpaired) electrons. The highest BCUT2D eigenvalue weighted by molar-refractivity contribution is 4.59.